The van der Waals surface area contributed by atoms with E-state index in [1.54, 1.807) is 0 Å². The summed E-state index contributed by atoms with van der Waals surface area (Å²) in [6.45, 7) is 5.07. The highest BCUT2D eigenvalue weighted by molar-refractivity contribution is 5.81. The van der Waals surface area contributed by atoms with E-state index in [9.17, 15) is 9.90 Å². The maximum atomic E-state index is 12.4. The molecule has 1 aliphatic carbocycles. The molecule has 5 heteroatoms. The lowest BCUT2D eigenvalue weighted by atomic mass is 9.56. The van der Waals surface area contributed by atoms with Gasteiger partial charge in [0.05, 0.1) is 6.04 Å². The summed E-state index contributed by atoms with van der Waals surface area (Å²) < 4.78 is 0. The Labute approximate surface area is 156 Å². The first-order valence-electron chi connectivity index (χ1n) is 10.0. The predicted octanol–water partition coefficient (Wildman–Crippen LogP) is 1.78. The number of nitrogens with one attached hydrogen (secondary N) is 2. The van der Waals surface area contributed by atoms with Crippen molar-refractivity contribution in [2.24, 2.45) is 5.92 Å². The fourth-order valence-corrected chi connectivity index (χ4v) is 5.59. The van der Waals surface area contributed by atoms with Crippen molar-refractivity contribution in [1.82, 2.24) is 15.5 Å². The van der Waals surface area contributed by atoms with Gasteiger partial charge < -0.3 is 20.6 Å². The second-order valence-corrected chi connectivity index (χ2v) is 8.48. The Morgan fingerprint density at radius 1 is 1.46 bits per heavy atom. The largest absolute Gasteiger partial charge is 0.508 e. The van der Waals surface area contributed by atoms with E-state index in [-0.39, 0.29) is 17.4 Å². The van der Waals surface area contributed by atoms with Crippen LogP contribution in [0.3, 0.4) is 0 Å². The number of hydrogen-bond acceptors (Lipinski definition) is 4. The molecule has 2 fully saturated rings. The Kier molecular flexibility index (Phi) is 4.70. The van der Waals surface area contributed by atoms with Gasteiger partial charge in [-0.3, -0.25) is 4.79 Å². The van der Waals surface area contributed by atoms with E-state index in [1.165, 1.54) is 11.1 Å². The van der Waals surface area contributed by atoms with Crippen LogP contribution in [-0.4, -0.2) is 54.7 Å². The molecule has 2 saturated heterocycles. The number of phenols is 1. The molecule has 0 spiro atoms. The number of benzene rings is 1. The summed E-state index contributed by atoms with van der Waals surface area (Å²) in [6, 6.07) is 6.41. The van der Waals surface area contributed by atoms with Gasteiger partial charge in [-0.15, -0.1) is 0 Å². The van der Waals surface area contributed by atoms with Crippen LogP contribution in [0.5, 0.6) is 5.75 Å². The molecule has 2 bridgehead atoms. The van der Waals surface area contributed by atoms with Gasteiger partial charge in [-0.1, -0.05) is 13.0 Å². The number of piperidine rings is 1. The third kappa shape index (κ3) is 2.91. The maximum absolute atomic E-state index is 12.4. The number of phenolic OH excluding ortho intramolecular Hbond substituents is 1. The van der Waals surface area contributed by atoms with Gasteiger partial charge in [0.1, 0.15) is 5.75 Å². The highest BCUT2D eigenvalue weighted by Crippen LogP contribution is 2.51. The first-order valence-corrected chi connectivity index (χ1v) is 10.0. The third-order valence-electron chi connectivity index (χ3n) is 7.23. The Morgan fingerprint density at radius 3 is 3.08 bits per heavy atom. The normalized spacial score (nSPS) is 33.7. The van der Waals surface area contributed by atoms with Gasteiger partial charge in [-0.05, 0) is 81.4 Å². The van der Waals surface area contributed by atoms with E-state index >= 15 is 0 Å². The lowest BCUT2D eigenvalue weighted by Gasteiger charge is -2.55. The molecule has 0 radical (unpaired) electrons. The number of hydrogen-bond donors (Lipinski definition) is 3. The van der Waals surface area contributed by atoms with E-state index in [4.69, 9.17) is 0 Å². The fraction of sp³-hybridized carbons (Fsp3) is 0.667. The highest BCUT2D eigenvalue weighted by Gasteiger charge is 2.50. The first kappa shape index (κ1) is 17.8. The van der Waals surface area contributed by atoms with Crippen LogP contribution in [0.2, 0.25) is 0 Å². The molecule has 0 saturated carbocycles. The zero-order valence-corrected chi connectivity index (χ0v) is 15.9. The number of likely N-dealkylation sites (N-methyl/N-ethyl adjacent to an activating group) is 1. The number of carbonyl (C=O) groups is 1. The van der Waals surface area contributed by atoms with Gasteiger partial charge in [-0.25, -0.2) is 0 Å². The van der Waals surface area contributed by atoms with Crippen LogP contribution in [0.4, 0.5) is 0 Å². The number of fused-ring (bicyclic) bond motifs is 4. The minimum atomic E-state index is -0.0159. The van der Waals surface area contributed by atoms with E-state index in [0.29, 0.717) is 24.3 Å². The van der Waals surface area contributed by atoms with Crippen LogP contribution in [0.25, 0.3) is 0 Å². The molecule has 5 nitrogen and oxygen atoms in total. The summed E-state index contributed by atoms with van der Waals surface area (Å²) in [5, 5.41) is 16.5. The van der Waals surface area contributed by atoms with Gasteiger partial charge >= 0.3 is 0 Å². The first-order chi connectivity index (χ1) is 12.5. The van der Waals surface area contributed by atoms with Crippen molar-refractivity contribution in [2.45, 2.75) is 56.5 Å². The van der Waals surface area contributed by atoms with Crippen molar-refractivity contribution in [1.29, 1.82) is 0 Å². The lowest BCUT2D eigenvalue weighted by Crippen LogP contribution is -2.58. The van der Waals surface area contributed by atoms with Crippen LogP contribution >= 0.6 is 0 Å². The minimum absolute atomic E-state index is 0.0159. The van der Waals surface area contributed by atoms with Crippen molar-refractivity contribution in [2.75, 3.05) is 26.7 Å². The number of amides is 1. The average Bonchev–Trinajstić information content (AvgIpc) is 3.15. The molecular weight excluding hydrogens is 326 g/mol. The molecular formula is C21H31N3O2. The molecule has 3 N–H and O–H groups in total. The quantitative estimate of drug-likeness (QED) is 0.769. The van der Waals surface area contributed by atoms with Crippen LogP contribution in [0, 0.1) is 5.92 Å². The van der Waals surface area contributed by atoms with Gasteiger partial charge in [0.15, 0.2) is 0 Å². The van der Waals surface area contributed by atoms with Crippen molar-refractivity contribution in [3.05, 3.63) is 29.3 Å². The molecule has 142 valence electrons. The summed E-state index contributed by atoms with van der Waals surface area (Å²) in [6.07, 6.45) is 5.09. The topological polar surface area (TPSA) is 64.6 Å². The molecule has 1 aromatic rings. The molecule has 1 amide bonds. The van der Waals surface area contributed by atoms with Gasteiger partial charge in [0.2, 0.25) is 5.91 Å². The molecule has 2 heterocycles. The molecule has 0 unspecified atom stereocenters. The van der Waals surface area contributed by atoms with Crippen LogP contribution in [0.15, 0.2) is 18.2 Å². The monoisotopic (exact) mass is 357 g/mol. The second kappa shape index (κ2) is 6.86. The molecule has 4 atom stereocenters. The molecule has 1 aromatic carbocycles. The fourth-order valence-electron chi connectivity index (χ4n) is 5.59. The number of aromatic hydroxyl groups is 1. The van der Waals surface area contributed by atoms with Gasteiger partial charge in [-0.2, -0.15) is 0 Å². The van der Waals surface area contributed by atoms with E-state index in [0.717, 1.165) is 45.2 Å². The van der Waals surface area contributed by atoms with Crippen molar-refractivity contribution < 1.29 is 9.90 Å². The third-order valence-corrected chi connectivity index (χ3v) is 7.23. The zero-order chi connectivity index (χ0) is 18.3. The van der Waals surface area contributed by atoms with Crippen molar-refractivity contribution in [3.63, 3.8) is 0 Å². The molecule has 0 aromatic heterocycles. The molecule has 3 aliphatic rings. The van der Waals surface area contributed by atoms with Crippen LogP contribution < -0.4 is 10.6 Å². The second-order valence-electron chi connectivity index (χ2n) is 8.48. The maximum Gasteiger partial charge on any atom is 0.237 e. The molecule has 2 aliphatic heterocycles. The number of nitrogens with zero attached hydrogens (tertiary/aromatic N) is 1. The van der Waals surface area contributed by atoms with E-state index in [1.807, 2.05) is 12.1 Å². The van der Waals surface area contributed by atoms with E-state index < -0.39 is 0 Å². The van der Waals surface area contributed by atoms with Crippen LogP contribution in [0.1, 0.15) is 43.7 Å². The summed E-state index contributed by atoms with van der Waals surface area (Å²) in [7, 11) is 2.23. The number of carbonyl (C=O) groups excluding carboxylic acids is 1. The SMILES string of the molecule is C[C@H]1[C@H]2Cc3ccc(O)cc3[C@]1(CCNC(=O)[C@@H]1CCCN1)CCN2C. The van der Waals surface area contributed by atoms with Crippen molar-refractivity contribution >= 4 is 5.91 Å². The standard InChI is InChI=1S/C21H31N3O2/c1-14-19-12-15-5-6-16(25)13-17(15)21(14,8-11-24(19)2)7-10-23-20(26)18-4-3-9-22-18/h5-6,13-14,18-19,22,25H,3-4,7-12H2,1-2H3,(H,23,26)/t14-,18-,19+,21+/m0/s1. The summed E-state index contributed by atoms with van der Waals surface area (Å²) >= 11 is 0. The smallest absolute Gasteiger partial charge is 0.237 e. The van der Waals surface area contributed by atoms with Gasteiger partial charge in [0, 0.05) is 18.0 Å². The molecule has 4 rings (SSSR count). The summed E-state index contributed by atoms with van der Waals surface area (Å²) in [5.41, 5.74) is 2.71. The average molecular weight is 357 g/mol. The zero-order valence-electron chi connectivity index (χ0n) is 15.9. The van der Waals surface area contributed by atoms with Crippen molar-refractivity contribution in [3.8, 4) is 5.75 Å². The van der Waals surface area contributed by atoms with Gasteiger partial charge in [0.25, 0.3) is 0 Å². The lowest BCUT2D eigenvalue weighted by molar-refractivity contribution is -0.122. The van der Waals surface area contributed by atoms with Crippen LogP contribution in [-0.2, 0) is 16.6 Å². The predicted molar refractivity (Wildman–Crippen MR) is 102 cm³/mol. The summed E-state index contributed by atoms with van der Waals surface area (Å²) in [5.74, 6) is 1.01. The number of rotatable bonds is 4. The summed E-state index contributed by atoms with van der Waals surface area (Å²) in [4.78, 5) is 14.9. The Morgan fingerprint density at radius 2 is 2.31 bits per heavy atom. The highest BCUT2D eigenvalue weighted by atomic mass is 16.3. The Bertz CT molecular complexity index is 686. The molecule has 26 heavy (non-hydrogen) atoms. The number of likely N-dealkylation sites (tertiary alicyclic amines) is 1. The van der Waals surface area contributed by atoms with E-state index in [2.05, 4.69) is 35.6 Å². The Balaban J connectivity index is 1.55. The Hall–Kier alpha value is -1.59. The minimum Gasteiger partial charge on any atom is -0.508 e.